The van der Waals surface area contributed by atoms with Crippen LogP contribution in [0.15, 0.2) is 46.3 Å². The lowest BCUT2D eigenvalue weighted by atomic mass is 10.1. The number of nitrogens with zero attached hydrogens (tertiary/aromatic N) is 3. The van der Waals surface area contributed by atoms with Gasteiger partial charge in [-0.05, 0) is 74.1 Å². The van der Waals surface area contributed by atoms with E-state index in [1.54, 1.807) is 12.1 Å². The molecule has 0 aliphatic heterocycles. The normalized spacial score (nSPS) is 13.0. The van der Waals surface area contributed by atoms with Crippen LogP contribution in [0, 0.1) is 25.7 Å². The summed E-state index contributed by atoms with van der Waals surface area (Å²) in [4.78, 5) is 18.4. The molecule has 0 radical (unpaired) electrons. The van der Waals surface area contributed by atoms with Crippen molar-refractivity contribution in [2.24, 2.45) is 16.8 Å². The van der Waals surface area contributed by atoms with Gasteiger partial charge in [-0.2, -0.15) is 9.30 Å². The molecular weight excluding hydrogens is 506 g/mol. The molecule has 1 aromatic heterocycles. The van der Waals surface area contributed by atoms with E-state index in [4.69, 9.17) is 4.74 Å². The number of carbonyl (C=O) groups excluding carboxylic acids is 1. The van der Waals surface area contributed by atoms with Crippen LogP contribution in [0.2, 0.25) is 0 Å². The Kier molecular flexibility index (Phi) is 9.86. The maximum Gasteiger partial charge on any atom is 0.279 e. The van der Waals surface area contributed by atoms with Crippen LogP contribution in [0.4, 0.5) is 0 Å². The number of hydrogen-bond donors (Lipinski definition) is 0. The predicted molar refractivity (Wildman–Crippen MR) is 151 cm³/mol. The van der Waals surface area contributed by atoms with Gasteiger partial charge in [-0.1, -0.05) is 45.1 Å². The van der Waals surface area contributed by atoms with E-state index in [1.165, 1.54) is 27.8 Å². The second kappa shape index (κ2) is 12.5. The Morgan fingerprint density at radius 2 is 1.68 bits per heavy atom. The molecule has 0 N–H and O–H groups in total. The largest absolute Gasteiger partial charge is 0.380 e. The first-order valence-corrected chi connectivity index (χ1v) is 15.1. The zero-order chi connectivity index (χ0) is 27.3. The molecule has 0 aliphatic rings. The van der Waals surface area contributed by atoms with Crippen LogP contribution in [-0.2, 0) is 21.3 Å². The summed E-state index contributed by atoms with van der Waals surface area (Å²) in [5.41, 5.74) is 3.66. The molecule has 3 aromatic rings. The van der Waals surface area contributed by atoms with Gasteiger partial charge in [-0.15, -0.1) is 0 Å². The van der Waals surface area contributed by atoms with Crippen molar-refractivity contribution in [2.75, 3.05) is 26.3 Å². The zero-order valence-electron chi connectivity index (χ0n) is 22.9. The number of rotatable bonds is 11. The summed E-state index contributed by atoms with van der Waals surface area (Å²) in [6.45, 7) is 16.7. The van der Waals surface area contributed by atoms with E-state index in [9.17, 15) is 13.2 Å². The van der Waals surface area contributed by atoms with E-state index in [2.05, 4.69) is 31.0 Å². The first-order chi connectivity index (χ1) is 17.4. The summed E-state index contributed by atoms with van der Waals surface area (Å²) in [6.07, 6.45) is 0. The Morgan fingerprint density at radius 3 is 2.24 bits per heavy atom. The van der Waals surface area contributed by atoms with Crippen molar-refractivity contribution in [1.29, 1.82) is 0 Å². The molecule has 37 heavy (non-hydrogen) atoms. The summed E-state index contributed by atoms with van der Waals surface area (Å²) in [6, 6.07) is 10.3. The lowest BCUT2D eigenvalue weighted by Gasteiger charge is -2.25. The van der Waals surface area contributed by atoms with Crippen LogP contribution in [0.5, 0.6) is 0 Å². The highest BCUT2D eigenvalue weighted by Gasteiger charge is 2.26. The van der Waals surface area contributed by atoms with Gasteiger partial charge in [0.05, 0.1) is 21.7 Å². The van der Waals surface area contributed by atoms with Crippen LogP contribution in [0.3, 0.4) is 0 Å². The van der Waals surface area contributed by atoms with Gasteiger partial charge in [0.25, 0.3) is 5.91 Å². The average molecular weight is 546 g/mol. The number of aryl methyl sites for hydroxylation is 2. The number of sulfonamides is 1. The number of thiazole rings is 1. The molecule has 0 unspecified atom stereocenters. The predicted octanol–water partition coefficient (Wildman–Crippen LogP) is 5.40. The Morgan fingerprint density at radius 1 is 1.05 bits per heavy atom. The van der Waals surface area contributed by atoms with Gasteiger partial charge in [0, 0.05) is 31.8 Å². The van der Waals surface area contributed by atoms with Crippen molar-refractivity contribution in [3.63, 3.8) is 0 Å². The van der Waals surface area contributed by atoms with E-state index in [0.29, 0.717) is 43.2 Å². The maximum absolute atomic E-state index is 13.3. The third kappa shape index (κ3) is 7.16. The fourth-order valence-corrected chi connectivity index (χ4v) is 7.14. The molecule has 202 valence electrons. The quantitative estimate of drug-likeness (QED) is 0.302. The van der Waals surface area contributed by atoms with Gasteiger partial charge in [0.15, 0.2) is 4.80 Å². The number of aromatic nitrogens is 1. The molecule has 7 nitrogen and oxygen atoms in total. The summed E-state index contributed by atoms with van der Waals surface area (Å²) >= 11 is 1.48. The first-order valence-electron chi connectivity index (χ1n) is 12.8. The Bertz CT molecular complexity index is 1390. The molecule has 1 amide bonds. The second-order valence-electron chi connectivity index (χ2n) is 10.2. The third-order valence-electron chi connectivity index (χ3n) is 5.85. The third-order valence-corrected chi connectivity index (χ3v) is 8.93. The molecule has 3 rings (SSSR count). The minimum atomic E-state index is -3.66. The molecule has 2 aromatic carbocycles. The molecule has 0 atom stereocenters. The maximum atomic E-state index is 13.3. The molecule has 9 heteroatoms. The van der Waals surface area contributed by atoms with Gasteiger partial charge in [0.1, 0.15) is 0 Å². The molecule has 0 aliphatic carbocycles. The molecule has 0 saturated carbocycles. The van der Waals surface area contributed by atoms with Crippen LogP contribution in [0.1, 0.15) is 56.1 Å². The molecule has 0 bridgehead atoms. The van der Waals surface area contributed by atoms with Crippen molar-refractivity contribution < 1.29 is 17.9 Å². The van der Waals surface area contributed by atoms with E-state index in [0.717, 1.165) is 21.3 Å². The SMILES string of the molecule is CCOCCn1c(=NC(=O)c2ccc(S(=O)(=O)N(CC(C)C)CC(C)C)cc2)sc2c(C)cc(C)cc21. The monoisotopic (exact) mass is 545 g/mol. The Balaban J connectivity index is 1.96. The van der Waals surface area contributed by atoms with Gasteiger partial charge in [-0.25, -0.2) is 8.42 Å². The number of carbonyl (C=O) groups is 1. The molecule has 0 spiro atoms. The molecule has 0 saturated heterocycles. The van der Waals surface area contributed by atoms with Crippen molar-refractivity contribution in [1.82, 2.24) is 8.87 Å². The highest BCUT2D eigenvalue weighted by atomic mass is 32.2. The van der Waals surface area contributed by atoms with Gasteiger partial charge >= 0.3 is 0 Å². The summed E-state index contributed by atoms with van der Waals surface area (Å²) in [5.74, 6) is 0.00363. The molecule has 1 heterocycles. The van der Waals surface area contributed by atoms with Crippen LogP contribution < -0.4 is 4.80 Å². The summed E-state index contributed by atoms with van der Waals surface area (Å²) in [5, 5.41) is 0. The van der Waals surface area contributed by atoms with Crippen molar-refractivity contribution >= 4 is 37.5 Å². The number of hydrogen-bond acceptors (Lipinski definition) is 5. The highest BCUT2D eigenvalue weighted by molar-refractivity contribution is 7.89. The first kappa shape index (κ1) is 29.2. The van der Waals surface area contributed by atoms with Gasteiger partial charge < -0.3 is 9.30 Å². The van der Waals surface area contributed by atoms with Crippen LogP contribution >= 0.6 is 11.3 Å². The van der Waals surface area contributed by atoms with E-state index in [1.807, 2.05) is 39.2 Å². The number of amides is 1. The van der Waals surface area contributed by atoms with Crippen LogP contribution in [0.25, 0.3) is 10.2 Å². The molecule has 0 fully saturated rings. The minimum Gasteiger partial charge on any atom is -0.380 e. The highest BCUT2D eigenvalue weighted by Crippen LogP contribution is 2.24. The van der Waals surface area contributed by atoms with E-state index < -0.39 is 15.9 Å². The van der Waals surface area contributed by atoms with Crippen molar-refractivity contribution in [2.45, 2.75) is 59.9 Å². The average Bonchev–Trinajstić information content (AvgIpc) is 3.15. The Labute approximate surface area is 224 Å². The standard InChI is InChI=1S/C28H39N3O4S2/c1-8-35-14-13-31-25-16-21(6)15-22(7)26(25)36-28(31)29-27(32)23-9-11-24(12-10-23)37(33,34)30(17-19(2)3)18-20(4)5/h9-12,15-16,19-20H,8,13-14,17-18H2,1-7H3. The lowest BCUT2D eigenvalue weighted by molar-refractivity contribution is 0.0996. The van der Waals surface area contributed by atoms with Gasteiger partial charge in [-0.3, -0.25) is 4.79 Å². The summed E-state index contributed by atoms with van der Waals surface area (Å²) < 4.78 is 36.8. The number of fused-ring (bicyclic) bond motifs is 1. The molecular formula is C28H39N3O4S2. The fraction of sp³-hybridized carbons (Fsp3) is 0.500. The zero-order valence-corrected chi connectivity index (χ0v) is 24.6. The number of ether oxygens (including phenoxy) is 1. The van der Waals surface area contributed by atoms with E-state index in [-0.39, 0.29) is 16.7 Å². The minimum absolute atomic E-state index is 0.185. The smallest absolute Gasteiger partial charge is 0.279 e. The topological polar surface area (TPSA) is 81.0 Å². The Hall–Kier alpha value is -2.33. The van der Waals surface area contributed by atoms with Crippen molar-refractivity contribution in [3.8, 4) is 0 Å². The second-order valence-corrected chi connectivity index (χ2v) is 13.1. The fourth-order valence-electron chi connectivity index (χ4n) is 4.27. The lowest BCUT2D eigenvalue weighted by Crippen LogP contribution is -2.37. The van der Waals surface area contributed by atoms with Crippen molar-refractivity contribution in [3.05, 3.63) is 57.9 Å². The van der Waals surface area contributed by atoms with Gasteiger partial charge in [0.2, 0.25) is 10.0 Å². The van der Waals surface area contributed by atoms with E-state index >= 15 is 0 Å². The number of benzene rings is 2. The summed E-state index contributed by atoms with van der Waals surface area (Å²) in [7, 11) is -3.66. The van der Waals surface area contributed by atoms with Crippen LogP contribution in [-0.4, -0.2) is 49.5 Å².